The lowest BCUT2D eigenvalue weighted by Gasteiger charge is -2.06. The van der Waals surface area contributed by atoms with Crippen molar-refractivity contribution in [1.82, 2.24) is 14.8 Å². The Morgan fingerprint density at radius 1 is 1.38 bits per heavy atom. The molecule has 1 aromatic carbocycles. The van der Waals surface area contributed by atoms with Crippen molar-refractivity contribution in [3.63, 3.8) is 0 Å². The average Bonchev–Trinajstić information content (AvgIpc) is 3.10. The number of carboxylic acids is 1. The topological polar surface area (TPSA) is 84.0 Å². The summed E-state index contributed by atoms with van der Waals surface area (Å²) in [7, 11) is 0. The number of aromatic amines is 1. The van der Waals surface area contributed by atoms with Crippen LogP contribution in [0.25, 0.3) is 11.6 Å². The van der Waals surface area contributed by atoms with Crippen LogP contribution in [-0.4, -0.2) is 25.8 Å². The molecule has 2 N–H and O–H groups in total. The first kappa shape index (κ1) is 13.3. The molecule has 21 heavy (non-hydrogen) atoms. The molecule has 3 rings (SSSR count). The quantitative estimate of drug-likeness (QED) is 0.724. The smallest absolute Gasteiger partial charge is 0.335 e. The fraction of sp³-hybridized carbons (Fsp3) is 0.0714. The van der Waals surface area contributed by atoms with Crippen LogP contribution in [-0.2, 0) is 6.54 Å². The summed E-state index contributed by atoms with van der Waals surface area (Å²) in [5.41, 5.74) is 1.06. The van der Waals surface area contributed by atoms with E-state index in [9.17, 15) is 4.79 Å². The van der Waals surface area contributed by atoms with Crippen LogP contribution in [0.5, 0.6) is 0 Å². The van der Waals surface area contributed by atoms with Crippen molar-refractivity contribution in [2.45, 2.75) is 6.54 Å². The van der Waals surface area contributed by atoms with Crippen molar-refractivity contribution in [3.05, 3.63) is 58.6 Å². The molecule has 106 valence electrons. The van der Waals surface area contributed by atoms with E-state index in [4.69, 9.17) is 21.7 Å². The Morgan fingerprint density at radius 3 is 2.95 bits per heavy atom. The Labute approximate surface area is 124 Å². The van der Waals surface area contributed by atoms with Gasteiger partial charge in [0.15, 0.2) is 16.4 Å². The molecule has 0 bridgehead atoms. The number of nitrogens with one attached hydrogen (secondary N) is 1. The van der Waals surface area contributed by atoms with Gasteiger partial charge in [-0.3, -0.25) is 9.67 Å². The molecular formula is C14H11N3O3S. The van der Waals surface area contributed by atoms with E-state index in [0.29, 0.717) is 22.9 Å². The molecule has 0 saturated carbocycles. The molecule has 0 unspecified atom stereocenters. The zero-order valence-corrected chi connectivity index (χ0v) is 11.6. The van der Waals surface area contributed by atoms with Gasteiger partial charge in [-0.2, -0.15) is 5.10 Å². The van der Waals surface area contributed by atoms with E-state index >= 15 is 0 Å². The Morgan fingerprint density at radius 2 is 2.24 bits per heavy atom. The largest absolute Gasteiger partial charge is 0.478 e. The van der Waals surface area contributed by atoms with Crippen LogP contribution in [0.4, 0.5) is 0 Å². The summed E-state index contributed by atoms with van der Waals surface area (Å²) in [5.74, 6) is 0.210. The van der Waals surface area contributed by atoms with Gasteiger partial charge in [0.05, 0.1) is 18.4 Å². The van der Waals surface area contributed by atoms with Crippen molar-refractivity contribution in [3.8, 4) is 11.6 Å². The molecule has 3 aromatic rings. The summed E-state index contributed by atoms with van der Waals surface area (Å²) in [4.78, 5) is 11.0. The normalized spacial score (nSPS) is 10.7. The molecule has 2 heterocycles. The van der Waals surface area contributed by atoms with Crippen LogP contribution >= 0.6 is 12.2 Å². The molecule has 2 aromatic heterocycles. The number of carbonyl (C=O) groups is 1. The number of benzene rings is 1. The third kappa shape index (κ3) is 2.63. The van der Waals surface area contributed by atoms with Gasteiger partial charge in [0.1, 0.15) is 0 Å². The fourth-order valence-electron chi connectivity index (χ4n) is 2.04. The summed E-state index contributed by atoms with van der Waals surface area (Å²) in [6, 6.07) is 10.3. The van der Waals surface area contributed by atoms with Gasteiger partial charge in [-0.05, 0) is 42.0 Å². The van der Waals surface area contributed by atoms with Crippen LogP contribution in [0.15, 0.2) is 47.1 Å². The van der Waals surface area contributed by atoms with Crippen molar-refractivity contribution in [2.24, 2.45) is 0 Å². The minimum absolute atomic E-state index is 0.238. The molecule has 6 nitrogen and oxygen atoms in total. The zero-order chi connectivity index (χ0) is 14.8. The van der Waals surface area contributed by atoms with E-state index in [1.54, 1.807) is 41.2 Å². The highest BCUT2D eigenvalue weighted by molar-refractivity contribution is 7.71. The molecule has 0 amide bonds. The van der Waals surface area contributed by atoms with Gasteiger partial charge in [-0.25, -0.2) is 4.79 Å². The molecule has 0 aliphatic carbocycles. The van der Waals surface area contributed by atoms with Crippen LogP contribution < -0.4 is 0 Å². The molecule has 0 radical (unpaired) electrons. The number of H-pyrrole nitrogens is 1. The number of hydrogen-bond donors (Lipinski definition) is 2. The molecular weight excluding hydrogens is 290 g/mol. The minimum atomic E-state index is -0.959. The Hall–Kier alpha value is -2.67. The minimum Gasteiger partial charge on any atom is -0.478 e. The van der Waals surface area contributed by atoms with E-state index in [-0.39, 0.29) is 5.56 Å². The highest BCUT2D eigenvalue weighted by atomic mass is 32.1. The van der Waals surface area contributed by atoms with Crippen molar-refractivity contribution in [2.75, 3.05) is 0 Å². The van der Waals surface area contributed by atoms with E-state index in [2.05, 4.69) is 10.2 Å². The predicted molar refractivity (Wildman–Crippen MR) is 77.6 cm³/mol. The summed E-state index contributed by atoms with van der Waals surface area (Å²) in [5, 5.41) is 15.9. The number of aromatic nitrogens is 3. The van der Waals surface area contributed by atoms with E-state index in [1.807, 2.05) is 6.07 Å². The van der Waals surface area contributed by atoms with Crippen LogP contribution in [0.2, 0.25) is 0 Å². The van der Waals surface area contributed by atoms with E-state index < -0.39 is 5.97 Å². The second kappa shape index (κ2) is 5.37. The highest BCUT2D eigenvalue weighted by Gasteiger charge is 2.12. The maximum Gasteiger partial charge on any atom is 0.335 e. The van der Waals surface area contributed by atoms with E-state index in [0.717, 1.165) is 5.56 Å². The maximum absolute atomic E-state index is 11.0. The Bertz CT molecular complexity index is 833. The molecule has 0 fully saturated rings. The number of furan rings is 1. The number of aromatic carboxylic acids is 1. The summed E-state index contributed by atoms with van der Waals surface area (Å²) >= 11 is 5.22. The molecule has 0 aliphatic rings. The molecule has 0 aliphatic heterocycles. The number of nitrogens with zero attached hydrogens (tertiary/aromatic N) is 2. The second-order valence-corrected chi connectivity index (χ2v) is 4.81. The second-order valence-electron chi connectivity index (χ2n) is 4.42. The molecule has 0 saturated heterocycles. The van der Waals surface area contributed by atoms with Crippen molar-refractivity contribution in [1.29, 1.82) is 0 Å². The van der Waals surface area contributed by atoms with Crippen molar-refractivity contribution < 1.29 is 14.3 Å². The van der Waals surface area contributed by atoms with Crippen LogP contribution in [0.3, 0.4) is 0 Å². The number of rotatable bonds is 4. The Kier molecular flexibility index (Phi) is 3.41. The lowest BCUT2D eigenvalue weighted by molar-refractivity contribution is 0.0696. The lowest BCUT2D eigenvalue weighted by atomic mass is 10.1. The van der Waals surface area contributed by atoms with Crippen LogP contribution in [0, 0.1) is 4.77 Å². The summed E-state index contributed by atoms with van der Waals surface area (Å²) < 4.78 is 7.53. The monoisotopic (exact) mass is 301 g/mol. The Balaban J connectivity index is 1.99. The van der Waals surface area contributed by atoms with Gasteiger partial charge >= 0.3 is 5.97 Å². The number of carboxylic acid groups (broad SMARTS) is 1. The van der Waals surface area contributed by atoms with Gasteiger partial charge in [-0.1, -0.05) is 12.1 Å². The SMILES string of the molecule is O=C(O)c1cccc(Cn2c(-c3ccco3)n[nH]c2=S)c1. The maximum atomic E-state index is 11.0. The van der Waals surface area contributed by atoms with Gasteiger partial charge in [0.2, 0.25) is 0 Å². The third-order valence-electron chi connectivity index (χ3n) is 3.01. The zero-order valence-electron chi connectivity index (χ0n) is 10.8. The summed E-state index contributed by atoms with van der Waals surface area (Å²) in [6.45, 7) is 0.409. The van der Waals surface area contributed by atoms with Crippen molar-refractivity contribution >= 4 is 18.2 Å². The standard InChI is InChI=1S/C14H11N3O3S/c18-13(19)10-4-1-3-9(7-10)8-17-12(15-16-14(17)21)11-5-2-6-20-11/h1-7H,8H2,(H,16,21)(H,18,19). The molecule has 0 atom stereocenters. The van der Waals surface area contributed by atoms with Gasteiger partial charge in [0, 0.05) is 0 Å². The van der Waals surface area contributed by atoms with Crippen LogP contribution in [0.1, 0.15) is 15.9 Å². The third-order valence-corrected chi connectivity index (χ3v) is 3.33. The summed E-state index contributed by atoms with van der Waals surface area (Å²) in [6.07, 6.45) is 1.56. The first-order valence-electron chi connectivity index (χ1n) is 6.16. The number of hydrogen-bond acceptors (Lipinski definition) is 4. The molecule has 0 spiro atoms. The van der Waals surface area contributed by atoms with E-state index in [1.165, 1.54) is 0 Å². The fourth-order valence-corrected chi connectivity index (χ4v) is 2.24. The van der Waals surface area contributed by atoms with Gasteiger partial charge in [0.25, 0.3) is 0 Å². The highest BCUT2D eigenvalue weighted by Crippen LogP contribution is 2.19. The van der Waals surface area contributed by atoms with Gasteiger partial charge in [-0.15, -0.1) is 0 Å². The molecule has 7 heteroatoms. The van der Waals surface area contributed by atoms with Gasteiger partial charge < -0.3 is 9.52 Å². The first-order valence-corrected chi connectivity index (χ1v) is 6.57. The average molecular weight is 301 g/mol. The lowest BCUT2D eigenvalue weighted by Crippen LogP contribution is -2.04. The first-order chi connectivity index (χ1) is 10.1. The predicted octanol–water partition coefficient (Wildman–Crippen LogP) is 2.95.